The summed E-state index contributed by atoms with van der Waals surface area (Å²) >= 11 is 0. The number of hydrogen-bond acceptors (Lipinski definition) is 10. The molecule has 0 bridgehead atoms. The van der Waals surface area contributed by atoms with Gasteiger partial charge in [0.1, 0.15) is 36.2 Å². The number of allylic oxidation sites excluding steroid dienone is 1. The van der Waals surface area contributed by atoms with Crippen LogP contribution in [0.25, 0.3) is 0 Å². The van der Waals surface area contributed by atoms with Crippen LogP contribution in [0.1, 0.15) is 45.4 Å². The van der Waals surface area contributed by atoms with E-state index in [1.165, 1.54) is 18.0 Å². The third kappa shape index (κ3) is 7.69. The fraction of sp³-hybridized carbons (Fsp3) is 0.538. The third-order valence-corrected chi connectivity index (χ3v) is 8.43. The van der Waals surface area contributed by atoms with Gasteiger partial charge in [-0.15, -0.1) is 0 Å². The number of esters is 1. The van der Waals surface area contributed by atoms with Crippen molar-refractivity contribution in [3.05, 3.63) is 54.4 Å². The minimum atomic E-state index is -4.20. The molecule has 1 aromatic rings. The van der Waals surface area contributed by atoms with Gasteiger partial charge in [-0.1, -0.05) is 30.7 Å². The molecule has 2 fully saturated rings. The summed E-state index contributed by atoms with van der Waals surface area (Å²) in [5.74, 6) is -0.961. The average molecular weight is 566 g/mol. The fourth-order valence-corrected chi connectivity index (χ4v) is 6.14. The third-order valence-electron chi connectivity index (χ3n) is 6.79. The van der Waals surface area contributed by atoms with Crippen molar-refractivity contribution in [2.75, 3.05) is 6.61 Å². The Morgan fingerprint density at radius 3 is 2.59 bits per heavy atom. The predicted octanol–water partition coefficient (Wildman–Crippen LogP) is 2.08. The maximum Gasteiger partial charge on any atom is 0.459 e. The van der Waals surface area contributed by atoms with Gasteiger partial charge in [-0.3, -0.25) is 14.1 Å². The number of amides is 1. The molecule has 12 nitrogen and oxygen atoms in total. The molecule has 0 aromatic heterocycles. The van der Waals surface area contributed by atoms with Crippen LogP contribution < -0.4 is 15.3 Å². The van der Waals surface area contributed by atoms with Crippen molar-refractivity contribution in [1.82, 2.24) is 9.99 Å². The summed E-state index contributed by atoms with van der Waals surface area (Å²) in [5.41, 5.74) is 5.67. The molecule has 1 unspecified atom stereocenters. The fourth-order valence-electron chi connectivity index (χ4n) is 4.63. The lowest BCUT2D eigenvalue weighted by Gasteiger charge is -2.28. The Kier molecular flexibility index (Phi) is 9.81. The van der Waals surface area contributed by atoms with Gasteiger partial charge in [-0.2, -0.15) is 5.09 Å². The van der Waals surface area contributed by atoms with Gasteiger partial charge in [-0.05, 0) is 51.2 Å². The van der Waals surface area contributed by atoms with Gasteiger partial charge in [-0.25, -0.2) is 4.57 Å². The topological polar surface area (TPSA) is 170 Å². The molecular formula is C26H36N3O9P. The number of aliphatic hydroxyl groups excluding tert-OH is 2. The van der Waals surface area contributed by atoms with Crippen molar-refractivity contribution < 1.29 is 42.9 Å². The van der Waals surface area contributed by atoms with E-state index in [9.17, 15) is 24.4 Å². The zero-order valence-electron chi connectivity index (χ0n) is 21.8. The van der Waals surface area contributed by atoms with E-state index in [1.54, 1.807) is 42.6 Å². The Balaban J connectivity index is 1.42. The van der Waals surface area contributed by atoms with Crippen molar-refractivity contribution in [1.29, 1.82) is 0 Å². The van der Waals surface area contributed by atoms with Crippen LogP contribution in [0, 0.1) is 0 Å². The summed E-state index contributed by atoms with van der Waals surface area (Å²) < 4.78 is 36.5. The molecule has 1 aromatic carbocycles. The maximum absolute atomic E-state index is 13.8. The van der Waals surface area contributed by atoms with Crippen molar-refractivity contribution in [3.8, 4) is 5.75 Å². The standard InChI is InChI=1S/C26H36N3O9P/c1-17(26(33)36-19-10-4-2-5-11-19)28-39(34,38-20-12-6-3-7-13-20)35-16-21-22(30)23(31)25(37-21)29-14-8-9-18(15-29)24(27)32/h3,6-8,12-15,17,19,21-23,25,30-31H,2,4-5,9-11,16H2,1H3,(H2,27,32)(H,28,34)/t17-,21+,22+,23+,25-,39?/m0/s1. The summed E-state index contributed by atoms with van der Waals surface area (Å²) in [5, 5.41) is 23.9. The molecular weight excluding hydrogens is 529 g/mol. The zero-order chi connectivity index (χ0) is 28.0. The largest absolute Gasteiger partial charge is 0.461 e. The van der Waals surface area contributed by atoms with E-state index in [4.69, 9.17) is 24.3 Å². The number of para-hydroxylation sites is 1. The highest BCUT2D eigenvalue weighted by molar-refractivity contribution is 7.52. The molecule has 1 saturated carbocycles. The van der Waals surface area contributed by atoms with Crippen molar-refractivity contribution in [3.63, 3.8) is 0 Å². The molecule has 1 saturated heterocycles. The summed E-state index contributed by atoms with van der Waals surface area (Å²) in [6.45, 7) is 1.06. The molecule has 2 heterocycles. The second-order valence-electron chi connectivity index (χ2n) is 9.85. The number of ether oxygens (including phenoxy) is 2. The van der Waals surface area contributed by atoms with E-state index in [-0.39, 0.29) is 11.9 Å². The van der Waals surface area contributed by atoms with Crippen molar-refractivity contribution in [2.45, 2.75) is 82.1 Å². The molecule has 1 aliphatic carbocycles. The zero-order valence-corrected chi connectivity index (χ0v) is 22.7. The molecule has 6 atom stereocenters. The smallest absolute Gasteiger partial charge is 0.459 e. The summed E-state index contributed by atoms with van der Waals surface area (Å²) in [6, 6.07) is 7.26. The lowest BCUT2D eigenvalue weighted by atomic mass is 9.98. The molecule has 1 amide bonds. The first kappa shape index (κ1) is 29.3. The summed E-state index contributed by atoms with van der Waals surface area (Å²) in [6.07, 6.45) is 4.58. The maximum atomic E-state index is 13.8. The quantitative estimate of drug-likeness (QED) is 0.229. The number of nitrogens with two attached hydrogens (primary N) is 1. The van der Waals surface area contributed by atoms with E-state index in [0.29, 0.717) is 12.0 Å². The molecule has 39 heavy (non-hydrogen) atoms. The second-order valence-corrected chi connectivity index (χ2v) is 11.5. The van der Waals surface area contributed by atoms with Gasteiger partial charge in [0, 0.05) is 18.0 Å². The van der Waals surface area contributed by atoms with Gasteiger partial charge >= 0.3 is 13.7 Å². The molecule has 3 aliphatic rings. The van der Waals surface area contributed by atoms with Crippen LogP contribution in [0.4, 0.5) is 0 Å². The Morgan fingerprint density at radius 1 is 1.18 bits per heavy atom. The van der Waals surface area contributed by atoms with Gasteiger partial charge in [0.05, 0.1) is 6.61 Å². The first-order chi connectivity index (χ1) is 18.6. The minimum Gasteiger partial charge on any atom is -0.461 e. The number of hydrogen-bond donors (Lipinski definition) is 4. The molecule has 0 spiro atoms. The minimum absolute atomic E-state index is 0.181. The number of nitrogens with zero attached hydrogens (tertiary/aromatic N) is 1. The molecule has 5 N–H and O–H groups in total. The van der Waals surface area contributed by atoms with Crippen LogP contribution >= 0.6 is 7.75 Å². The predicted molar refractivity (Wildman–Crippen MR) is 140 cm³/mol. The van der Waals surface area contributed by atoms with E-state index in [2.05, 4.69) is 5.09 Å². The monoisotopic (exact) mass is 565 g/mol. The number of nitrogens with one attached hydrogen (secondary N) is 1. The van der Waals surface area contributed by atoms with Crippen LogP contribution in [0.3, 0.4) is 0 Å². The van der Waals surface area contributed by atoms with E-state index in [0.717, 1.165) is 32.1 Å². The summed E-state index contributed by atoms with van der Waals surface area (Å²) in [4.78, 5) is 25.7. The Labute approximate surface area is 227 Å². The molecule has 0 radical (unpaired) electrons. The summed E-state index contributed by atoms with van der Waals surface area (Å²) in [7, 11) is -4.20. The van der Waals surface area contributed by atoms with Gasteiger partial charge in [0.25, 0.3) is 0 Å². The number of rotatable bonds is 11. The molecule has 2 aliphatic heterocycles. The lowest BCUT2D eigenvalue weighted by molar-refractivity contribution is -0.152. The Hall–Kier alpha value is -2.73. The van der Waals surface area contributed by atoms with Crippen LogP contribution in [0.2, 0.25) is 0 Å². The first-order valence-corrected chi connectivity index (χ1v) is 14.6. The van der Waals surface area contributed by atoms with Crippen LogP contribution in [-0.2, 0) is 28.2 Å². The van der Waals surface area contributed by atoms with Gasteiger partial charge in [0.15, 0.2) is 6.23 Å². The molecule has 4 rings (SSSR count). The number of carbonyl (C=O) groups is 2. The van der Waals surface area contributed by atoms with Crippen molar-refractivity contribution in [2.24, 2.45) is 5.73 Å². The highest BCUT2D eigenvalue weighted by Gasteiger charge is 2.46. The Morgan fingerprint density at radius 2 is 1.90 bits per heavy atom. The van der Waals surface area contributed by atoms with Crippen molar-refractivity contribution >= 4 is 19.6 Å². The normalized spacial score (nSPS) is 27.9. The van der Waals surface area contributed by atoms with Crippen LogP contribution in [0.15, 0.2) is 54.4 Å². The van der Waals surface area contributed by atoms with E-state index in [1.807, 2.05) is 0 Å². The van der Waals surface area contributed by atoms with Crippen LogP contribution in [-0.4, -0.2) is 70.3 Å². The lowest BCUT2D eigenvalue weighted by Crippen LogP contribution is -2.40. The number of aliphatic hydroxyl groups is 2. The highest BCUT2D eigenvalue weighted by Crippen LogP contribution is 2.45. The van der Waals surface area contributed by atoms with Gasteiger partial charge in [0.2, 0.25) is 5.91 Å². The van der Waals surface area contributed by atoms with Gasteiger partial charge < -0.3 is 34.8 Å². The number of primary amides is 1. The first-order valence-electron chi connectivity index (χ1n) is 13.1. The van der Waals surface area contributed by atoms with Crippen LogP contribution in [0.5, 0.6) is 5.75 Å². The second kappa shape index (κ2) is 13.1. The molecule has 214 valence electrons. The Bertz CT molecular complexity index is 1110. The SMILES string of the molecule is C[C@H](NP(=O)(OC[C@H]1O[C@H](N2C=CCC(C(N)=O)=C2)[C@H](O)[C@@H]1O)Oc1ccccc1)C(=O)OC1CCCCC1. The number of benzene rings is 1. The average Bonchev–Trinajstić information content (AvgIpc) is 3.22. The number of carbonyl (C=O) groups excluding carboxylic acids is 2. The highest BCUT2D eigenvalue weighted by atomic mass is 31.2. The van der Waals surface area contributed by atoms with E-state index < -0.39 is 56.8 Å². The molecule has 13 heteroatoms. The van der Waals surface area contributed by atoms with E-state index >= 15 is 0 Å².